The number of aromatic nitrogens is 3. The van der Waals surface area contributed by atoms with E-state index in [0.29, 0.717) is 30.5 Å². The molecule has 0 aliphatic carbocycles. The molecule has 150 valence electrons. The Morgan fingerprint density at radius 2 is 2.03 bits per heavy atom. The van der Waals surface area contributed by atoms with Crippen LogP contribution in [0.4, 0.5) is 13.6 Å². The van der Waals surface area contributed by atoms with Gasteiger partial charge in [-0.25, -0.2) is 13.6 Å². The quantitative estimate of drug-likeness (QED) is 0.687. The monoisotopic (exact) mass is 400 g/mol. The molecular formula is C20H18F2N4O3. The predicted octanol–water partition coefficient (Wildman–Crippen LogP) is 3.04. The van der Waals surface area contributed by atoms with Crippen LogP contribution in [-0.4, -0.2) is 38.6 Å². The van der Waals surface area contributed by atoms with E-state index >= 15 is 0 Å². The number of rotatable bonds is 5. The van der Waals surface area contributed by atoms with Crippen LogP contribution in [-0.2, 0) is 19.4 Å². The van der Waals surface area contributed by atoms with Crippen molar-refractivity contribution in [2.75, 3.05) is 6.61 Å². The average Bonchev–Trinajstić information content (AvgIpc) is 2.97. The molecule has 7 nitrogen and oxygen atoms in total. The minimum Gasteiger partial charge on any atom is -0.491 e. The molecule has 29 heavy (non-hydrogen) atoms. The summed E-state index contributed by atoms with van der Waals surface area (Å²) in [5.74, 6) is 0.689. The van der Waals surface area contributed by atoms with Crippen LogP contribution in [0.15, 0.2) is 42.5 Å². The van der Waals surface area contributed by atoms with Crippen LogP contribution in [0.25, 0.3) is 11.4 Å². The highest BCUT2D eigenvalue weighted by Gasteiger charge is 2.24. The molecular weight excluding hydrogens is 382 g/mol. The Morgan fingerprint density at radius 3 is 2.86 bits per heavy atom. The summed E-state index contributed by atoms with van der Waals surface area (Å²) < 4.78 is 35.2. The summed E-state index contributed by atoms with van der Waals surface area (Å²) in [7, 11) is 0. The Balaban J connectivity index is 1.63. The number of fused-ring (bicyclic) bond motifs is 3. The van der Waals surface area contributed by atoms with Crippen LogP contribution in [0, 0.1) is 11.6 Å². The topological polar surface area (TPSA) is 89.3 Å². The van der Waals surface area contributed by atoms with Crippen molar-refractivity contribution in [2.45, 2.75) is 25.4 Å². The van der Waals surface area contributed by atoms with Crippen LogP contribution >= 0.6 is 0 Å². The third-order valence-corrected chi connectivity index (χ3v) is 4.76. The van der Waals surface area contributed by atoms with Crippen molar-refractivity contribution in [3.63, 3.8) is 0 Å². The van der Waals surface area contributed by atoms with Gasteiger partial charge < -0.3 is 19.7 Å². The summed E-state index contributed by atoms with van der Waals surface area (Å²) in [6.45, 7) is 0.894. The molecule has 1 atom stereocenters. The highest BCUT2D eigenvalue weighted by atomic mass is 19.1. The summed E-state index contributed by atoms with van der Waals surface area (Å²) >= 11 is 0. The number of carboxylic acid groups (broad SMARTS) is 1. The molecule has 0 unspecified atom stereocenters. The van der Waals surface area contributed by atoms with E-state index < -0.39 is 23.8 Å². The second kappa shape index (κ2) is 7.86. The van der Waals surface area contributed by atoms with Gasteiger partial charge in [-0.05, 0) is 42.3 Å². The molecule has 4 rings (SSSR count). The Kier molecular flexibility index (Phi) is 5.11. The molecule has 0 bridgehead atoms. The predicted molar refractivity (Wildman–Crippen MR) is 99.7 cm³/mol. The molecule has 0 fully saturated rings. The summed E-state index contributed by atoms with van der Waals surface area (Å²) in [4.78, 5) is 11.2. The lowest BCUT2D eigenvalue weighted by molar-refractivity contribution is 0.189. The number of para-hydroxylation sites is 1. The van der Waals surface area contributed by atoms with Crippen LogP contribution in [0.1, 0.15) is 11.4 Å². The average molecular weight is 400 g/mol. The fourth-order valence-corrected chi connectivity index (χ4v) is 3.48. The fourth-order valence-electron chi connectivity index (χ4n) is 3.48. The molecule has 1 aliphatic rings. The first-order valence-corrected chi connectivity index (χ1v) is 9.09. The number of nitrogens with one attached hydrogen (secondary N) is 1. The molecule has 1 amide bonds. The molecule has 0 saturated carbocycles. The highest BCUT2D eigenvalue weighted by Crippen LogP contribution is 2.31. The lowest BCUT2D eigenvalue weighted by Crippen LogP contribution is -2.38. The Hall–Kier alpha value is -3.49. The first-order valence-electron chi connectivity index (χ1n) is 9.09. The minimum atomic E-state index is -1.25. The van der Waals surface area contributed by atoms with E-state index in [0.717, 1.165) is 23.8 Å². The number of hydrogen-bond acceptors (Lipinski definition) is 4. The molecule has 0 radical (unpaired) electrons. The van der Waals surface area contributed by atoms with Crippen molar-refractivity contribution in [2.24, 2.45) is 0 Å². The molecule has 0 saturated heterocycles. The van der Waals surface area contributed by atoms with Crippen molar-refractivity contribution >= 4 is 6.09 Å². The van der Waals surface area contributed by atoms with E-state index in [1.165, 1.54) is 0 Å². The zero-order valence-electron chi connectivity index (χ0n) is 15.3. The summed E-state index contributed by atoms with van der Waals surface area (Å²) in [6.07, 6.45) is -1.11. The van der Waals surface area contributed by atoms with Gasteiger partial charge in [-0.1, -0.05) is 12.1 Å². The van der Waals surface area contributed by atoms with Crippen LogP contribution in [0.2, 0.25) is 0 Å². The number of amides is 1. The third-order valence-electron chi connectivity index (χ3n) is 4.76. The van der Waals surface area contributed by atoms with Crippen molar-refractivity contribution in [3.8, 4) is 17.1 Å². The van der Waals surface area contributed by atoms with E-state index in [9.17, 15) is 18.7 Å². The minimum absolute atomic E-state index is 0.0226. The fraction of sp³-hybridized carbons (Fsp3) is 0.250. The molecule has 2 heterocycles. The number of benzene rings is 2. The van der Waals surface area contributed by atoms with Gasteiger partial charge in [-0.3, -0.25) is 0 Å². The third kappa shape index (κ3) is 4.03. The second-order valence-electron chi connectivity index (χ2n) is 6.73. The molecule has 0 spiro atoms. The zero-order valence-corrected chi connectivity index (χ0v) is 15.3. The van der Waals surface area contributed by atoms with Crippen LogP contribution < -0.4 is 10.1 Å². The first kappa shape index (κ1) is 18.9. The van der Waals surface area contributed by atoms with Crippen molar-refractivity contribution in [1.29, 1.82) is 0 Å². The molecule has 1 aliphatic heterocycles. The van der Waals surface area contributed by atoms with E-state index in [1.807, 2.05) is 28.8 Å². The number of ether oxygens (including phenoxy) is 1. The van der Waals surface area contributed by atoms with Gasteiger partial charge in [0.25, 0.3) is 0 Å². The smallest absolute Gasteiger partial charge is 0.404 e. The SMILES string of the molecule is O=C(O)N[C@H](Cc1cc(F)ccc1F)Cc1nnc2n1CCOc1ccccc1-2. The van der Waals surface area contributed by atoms with E-state index in [2.05, 4.69) is 15.5 Å². The van der Waals surface area contributed by atoms with Crippen molar-refractivity contribution in [1.82, 2.24) is 20.1 Å². The van der Waals surface area contributed by atoms with Gasteiger partial charge >= 0.3 is 6.09 Å². The standard InChI is InChI=1S/C20H18F2N4O3/c21-13-5-6-16(22)12(9-13)10-14(23-20(27)28)11-18-24-25-19-15-3-1-2-4-17(15)29-8-7-26(18)19/h1-6,9,14,23H,7-8,10-11H2,(H,27,28)/t14-/m1/s1. The summed E-state index contributed by atoms with van der Waals surface area (Å²) in [5.41, 5.74) is 0.885. The summed E-state index contributed by atoms with van der Waals surface area (Å²) in [5, 5.41) is 20.0. The van der Waals surface area contributed by atoms with Gasteiger partial charge in [0.15, 0.2) is 5.82 Å². The molecule has 2 N–H and O–H groups in total. The van der Waals surface area contributed by atoms with E-state index in [1.54, 1.807) is 0 Å². The highest BCUT2D eigenvalue weighted by molar-refractivity contribution is 5.65. The number of halogens is 2. The van der Waals surface area contributed by atoms with Gasteiger partial charge in [-0.2, -0.15) is 0 Å². The van der Waals surface area contributed by atoms with Gasteiger partial charge in [0.2, 0.25) is 0 Å². The largest absolute Gasteiger partial charge is 0.491 e. The van der Waals surface area contributed by atoms with Gasteiger partial charge in [0, 0.05) is 12.5 Å². The number of hydrogen-bond donors (Lipinski definition) is 2. The van der Waals surface area contributed by atoms with Gasteiger partial charge in [0.1, 0.15) is 29.8 Å². The summed E-state index contributed by atoms with van der Waals surface area (Å²) in [6, 6.07) is 9.87. The number of carbonyl (C=O) groups is 1. The lowest BCUT2D eigenvalue weighted by atomic mass is 10.0. The number of nitrogens with zero attached hydrogens (tertiary/aromatic N) is 3. The maximum Gasteiger partial charge on any atom is 0.404 e. The van der Waals surface area contributed by atoms with Crippen molar-refractivity contribution in [3.05, 3.63) is 65.5 Å². The van der Waals surface area contributed by atoms with Gasteiger partial charge in [0.05, 0.1) is 12.1 Å². The van der Waals surface area contributed by atoms with Gasteiger partial charge in [-0.15, -0.1) is 10.2 Å². The second-order valence-corrected chi connectivity index (χ2v) is 6.73. The normalized spacial score (nSPS) is 13.6. The maximum atomic E-state index is 14.0. The molecule has 9 heteroatoms. The Morgan fingerprint density at radius 1 is 1.21 bits per heavy atom. The molecule has 2 aromatic carbocycles. The first-order chi connectivity index (χ1) is 14.0. The van der Waals surface area contributed by atoms with E-state index in [4.69, 9.17) is 4.74 Å². The maximum absolute atomic E-state index is 14.0. The molecule has 3 aromatic rings. The van der Waals surface area contributed by atoms with Crippen LogP contribution in [0.5, 0.6) is 5.75 Å². The Bertz CT molecular complexity index is 1050. The van der Waals surface area contributed by atoms with Crippen molar-refractivity contribution < 1.29 is 23.4 Å². The lowest BCUT2D eigenvalue weighted by Gasteiger charge is -2.18. The van der Waals surface area contributed by atoms with E-state index in [-0.39, 0.29) is 18.4 Å². The molecule has 1 aromatic heterocycles. The Labute approximate surface area is 165 Å². The van der Waals surface area contributed by atoms with Crippen LogP contribution in [0.3, 0.4) is 0 Å². The zero-order chi connectivity index (χ0) is 20.4.